The van der Waals surface area contributed by atoms with Crippen molar-refractivity contribution in [3.8, 4) is 16.9 Å². The van der Waals surface area contributed by atoms with Gasteiger partial charge >= 0.3 is 17.9 Å². The average molecular weight is 987 g/mol. The molecule has 0 bridgehead atoms. The second-order valence-electron chi connectivity index (χ2n) is 16.9. The highest BCUT2D eigenvalue weighted by Gasteiger charge is 2.52. The summed E-state index contributed by atoms with van der Waals surface area (Å²) in [5.74, 6) is -1.58. The van der Waals surface area contributed by atoms with E-state index in [4.69, 9.17) is 38.4 Å². The summed E-state index contributed by atoms with van der Waals surface area (Å²) in [6.45, 7) is 2.77. The van der Waals surface area contributed by atoms with Gasteiger partial charge in [0.15, 0.2) is 34.5 Å². The van der Waals surface area contributed by atoms with Crippen LogP contribution in [0.1, 0.15) is 51.6 Å². The molecule has 5 N–H and O–H groups in total. The molecule has 0 amide bonds. The van der Waals surface area contributed by atoms with Gasteiger partial charge < -0.3 is 48.8 Å². The summed E-state index contributed by atoms with van der Waals surface area (Å²) >= 11 is 0. The molecule has 0 aliphatic carbocycles. The van der Waals surface area contributed by atoms with Crippen LogP contribution in [0, 0.1) is 0 Å². The summed E-state index contributed by atoms with van der Waals surface area (Å²) in [7, 11) is -3.55. The Hall–Kier alpha value is -6.50. The number of esters is 3. The first-order valence-corrected chi connectivity index (χ1v) is 24.4. The van der Waals surface area contributed by atoms with Gasteiger partial charge in [0.2, 0.25) is 11.9 Å². The van der Waals surface area contributed by atoms with Crippen molar-refractivity contribution in [2.45, 2.75) is 94.1 Å². The zero-order valence-electron chi connectivity index (χ0n) is 38.7. The van der Waals surface area contributed by atoms with Gasteiger partial charge in [0.05, 0.1) is 40.2 Å². The van der Waals surface area contributed by atoms with Gasteiger partial charge in [-0.15, -0.1) is 0 Å². The van der Waals surface area contributed by atoms with Crippen molar-refractivity contribution in [2.75, 3.05) is 37.7 Å². The molecule has 0 unspecified atom stereocenters. The maximum Gasteiger partial charge on any atom is 0.303 e. The number of rotatable bonds is 19. The van der Waals surface area contributed by atoms with Crippen LogP contribution in [0.2, 0.25) is 0 Å². The van der Waals surface area contributed by atoms with E-state index in [1.165, 1.54) is 31.8 Å². The molecular formula is C48H54N6O15S. The maximum atomic E-state index is 12.9. The number of benzene rings is 4. The molecule has 2 fully saturated rings. The van der Waals surface area contributed by atoms with E-state index >= 15 is 0 Å². The number of hydrazine groups is 1. The fraction of sp³-hybridized carbons (Fsp3) is 0.396. The van der Waals surface area contributed by atoms with E-state index in [1.807, 2.05) is 6.07 Å². The largest absolute Gasteiger partial charge is 0.493 e. The molecule has 8 rings (SSSR count). The number of aliphatic hydroxyl groups is 4. The quantitative estimate of drug-likeness (QED) is 0.0337. The Balaban J connectivity index is 1.31. The number of aromatic nitrogens is 4. The van der Waals surface area contributed by atoms with Crippen LogP contribution in [-0.2, 0) is 54.4 Å². The van der Waals surface area contributed by atoms with Gasteiger partial charge in [-0.05, 0) is 66.4 Å². The number of hydrogen-bond acceptors (Lipinski definition) is 19. The van der Waals surface area contributed by atoms with Crippen LogP contribution in [0.4, 0.5) is 11.9 Å². The number of unbranched alkanes of at least 4 members (excludes halogenated alkanes) is 1. The lowest BCUT2D eigenvalue weighted by molar-refractivity contribution is -0.166. The van der Waals surface area contributed by atoms with Gasteiger partial charge in [0.25, 0.3) is 0 Å². The van der Waals surface area contributed by atoms with E-state index in [0.717, 1.165) is 6.26 Å². The highest BCUT2D eigenvalue weighted by molar-refractivity contribution is 7.90. The fourth-order valence-electron chi connectivity index (χ4n) is 8.60. The molecule has 0 radical (unpaired) electrons. The van der Waals surface area contributed by atoms with Crippen LogP contribution in [0.3, 0.4) is 0 Å². The Morgan fingerprint density at radius 2 is 1.37 bits per heavy atom. The third-order valence-electron chi connectivity index (χ3n) is 11.8. The standard InChI is InChI=1S/C48H54N6O15S/c1-27(57)65-26-40-43(66-28(2)58)44(67-29(3)59)46(69-40)53-37-17-8-6-15-35(37)51-48(53)54(47-50-34-14-5-7-16-36(34)52(47)45-42(61)41(60)39(25-56)68-45)49-24-30-18-19-33(38(22-30)64-21-10-9-20-55)31-12-11-13-32(23-31)70(4,62)63/h5-8,11-19,22-23,39-46,49,55-56,60-61H,9-10,20-21,24-26H2,1-4H3/t39-,40-,41-,42-,43-,44-,45-,46-/m1/s1. The lowest BCUT2D eigenvalue weighted by atomic mass is 10.0. The number of imidazole rings is 2. The second-order valence-corrected chi connectivity index (χ2v) is 18.9. The van der Waals surface area contributed by atoms with Crippen LogP contribution < -0.4 is 15.2 Å². The number of fused-ring (bicyclic) bond motifs is 2. The molecule has 8 atom stereocenters. The first kappa shape index (κ1) is 49.9. The highest BCUT2D eigenvalue weighted by atomic mass is 32.2. The van der Waals surface area contributed by atoms with Crippen molar-refractivity contribution in [3.05, 3.63) is 96.6 Å². The van der Waals surface area contributed by atoms with Gasteiger partial charge in [-0.1, -0.05) is 48.5 Å². The number of para-hydroxylation sites is 4. The van der Waals surface area contributed by atoms with Crippen LogP contribution >= 0.6 is 0 Å². The number of ether oxygens (including phenoxy) is 6. The van der Waals surface area contributed by atoms with Crippen LogP contribution in [0.15, 0.2) is 95.9 Å². The molecule has 2 saturated heterocycles. The zero-order valence-corrected chi connectivity index (χ0v) is 39.5. The molecule has 0 spiro atoms. The molecule has 372 valence electrons. The van der Waals surface area contributed by atoms with E-state index in [0.29, 0.717) is 57.3 Å². The van der Waals surface area contributed by atoms with Crippen molar-refractivity contribution >= 4 is 61.7 Å². The Labute approximate surface area is 402 Å². The Morgan fingerprint density at radius 3 is 1.97 bits per heavy atom. The van der Waals surface area contributed by atoms with E-state index in [1.54, 1.807) is 88.0 Å². The third-order valence-corrected chi connectivity index (χ3v) is 12.9. The lowest BCUT2D eigenvalue weighted by Gasteiger charge is -2.30. The number of aliphatic hydroxyl groups excluding tert-OH is 4. The van der Waals surface area contributed by atoms with Crippen molar-refractivity contribution < 1.29 is 71.6 Å². The monoisotopic (exact) mass is 986 g/mol. The molecule has 6 aromatic rings. The lowest BCUT2D eigenvalue weighted by Crippen LogP contribution is -2.42. The summed E-state index contributed by atoms with van der Waals surface area (Å²) in [5.41, 5.74) is 6.99. The number of nitrogens with zero attached hydrogens (tertiary/aromatic N) is 5. The van der Waals surface area contributed by atoms with E-state index < -0.39 is 83.4 Å². The minimum atomic E-state index is -3.55. The number of carbonyl (C=O) groups excluding carboxylic acids is 3. The Morgan fingerprint density at radius 1 is 0.743 bits per heavy atom. The van der Waals surface area contributed by atoms with Crippen LogP contribution in [0.25, 0.3) is 33.2 Å². The van der Waals surface area contributed by atoms with Crippen molar-refractivity contribution in [3.63, 3.8) is 0 Å². The molecular weight excluding hydrogens is 933 g/mol. The first-order chi connectivity index (χ1) is 33.6. The van der Waals surface area contributed by atoms with Crippen molar-refractivity contribution in [2.24, 2.45) is 0 Å². The maximum absolute atomic E-state index is 12.9. The van der Waals surface area contributed by atoms with Gasteiger partial charge in [-0.3, -0.25) is 23.5 Å². The Bertz CT molecular complexity index is 2980. The van der Waals surface area contributed by atoms with Crippen molar-refractivity contribution in [1.82, 2.24) is 24.5 Å². The van der Waals surface area contributed by atoms with Crippen LogP contribution in [-0.4, -0.2) is 135 Å². The minimum Gasteiger partial charge on any atom is -0.493 e. The Kier molecular flexibility index (Phi) is 15.1. The van der Waals surface area contributed by atoms with E-state index in [9.17, 15) is 43.2 Å². The first-order valence-electron chi connectivity index (χ1n) is 22.5. The normalized spacial score (nSPS) is 22.3. The number of carbonyl (C=O) groups is 3. The molecule has 2 aromatic heterocycles. The minimum absolute atomic E-state index is 0.0108. The molecule has 22 heteroatoms. The van der Waals surface area contributed by atoms with Gasteiger partial charge in [0.1, 0.15) is 36.8 Å². The third kappa shape index (κ3) is 10.5. The molecule has 70 heavy (non-hydrogen) atoms. The second kappa shape index (κ2) is 21.2. The molecule has 2 aliphatic rings. The van der Waals surface area contributed by atoms with E-state index in [-0.39, 0.29) is 43.2 Å². The van der Waals surface area contributed by atoms with Gasteiger partial charge in [-0.2, -0.15) is 0 Å². The summed E-state index contributed by atoms with van der Waals surface area (Å²) in [6.07, 6.45) is -8.51. The topological polar surface area (TPSA) is 273 Å². The van der Waals surface area contributed by atoms with Gasteiger partial charge in [0, 0.05) is 45.7 Å². The zero-order chi connectivity index (χ0) is 49.9. The van der Waals surface area contributed by atoms with E-state index in [2.05, 4.69) is 5.43 Å². The average Bonchev–Trinajstić information content (AvgIpc) is 4.07. The summed E-state index contributed by atoms with van der Waals surface area (Å²) in [6, 6.07) is 25.8. The van der Waals surface area contributed by atoms with Crippen molar-refractivity contribution in [1.29, 1.82) is 0 Å². The number of hydrogen-bond donors (Lipinski definition) is 5. The smallest absolute Gasteiger partial charge is 0.303 e. The van der Waals surface area contributed by atoms with Crippen LogP contribution in [0.5, 0.6) is 5.75 Å². The number of nitrogens with one attached hydrogen (secondary N) is 1. The predicted octanol–water partition coefficient (Wildman–Crippen LogP) is 3.39. The highest BCUT2D eigenvalue weighted by Crippen LogP contribution is 2.43. The summed E-state index contributed by atoms with van der Waals surface area (Å²) in [4.78, 5) is 47.8. The summed E-state index contributed by atoms with van der Waals surface area (Å²) in [5, 5.41) is 43.8. The molecule has 21 nitrogen and oxygen atoms in total. The number of anilines is 2. The number of sulfone groups is 1. The molecule has 0 saturated carbocycles. The molecule has 4 aromatic carbocycles. The molecule has 4 heterocycles. The van der Waals surface area contributed by atoms with Gasteiger partial charge in [-0.25, -0.2) is 28.8 Å². The predicted molar refractivity (Wildman–Crippen MR) is 250 cm³/mol. The SMILES string of the molecule is CC(=O)OC[C@H]1O[C@@H](n2c(N(NCc3ccc(-c4cccc(S(C)(=O)=O)c4)c(OCCCCO)c3)c3nc4ccccc4n3[C@@H]3O[C@H](CO)[C@@H](O)[C@H]3O)nc3ccccc32)[C@H](OC(C)=O)[C@@H]1OC(C)=O. The molecule has 2 aliphatic heterocycles. The summed E-state index contributed by atoms with van der Waals surface area (Å²) < 4.78 is 64.3. The fourth-order valence-corrected chi connectivity index (χ4v) is 9.27.